The lowest BCUT2D eigenvalue weighted by Gasteiger charge is -2.18. The minimum atomic E-state index is -0.987. The van der Waals surface area contributed by atoms with Crippen LogP contribution in [0.5, 0.6) is 0 Å². The molecule has 2 atom stereocenters. The number of nitrogens with two attached hydrogens (primary N) is 1. The first-order valence-corrected chi connectivity index (χ1v) is 5.38. The van der Waals surface area contributed by atoms with Crippen LogP contribution in [0.1, 0.15) is 6.92 Å². The Bertz CT molecular complexity index is 327. The van der Waals surface area contributed by atoms with Crippen LogP contribution in [0.3, 0.4) is 0 Å². The lowest BCUT2D eigenvalue weighted by atomic mass is 10.2. The number of nitrogens with one attached hydrogen (secondary N) is 3. The summed E-state index contributed by atoms with van der Waals surface area (Å²) in [6.07, 6.45) is 0. The zero-order valence-electron chi connectivity index (χ0n) is 11.7. The van der Waals surface area contributed by atoms with Gasteiger partial charge in [-0.2, -0.15) is 0 Å². The lowest BCUT2D eigenvalue weighted by molar-refractivity contribution is -0.127. The molecule has 0 aromatic rings. The highest BCUT2D eigenvalue weighted by atomic mass is 16.5. The average molecular weight is 262 g/mol. The van der Waals surface area contributed by atoms with Crippen molar-refractivity contribution in [2.75, 3.05) is 27.3 Å². The quantitative estimate of drug-likeness (QED) is 0.380. The van der Waals surface area contributed by atoms with Crippen molar-refractivity contribution >= 4 is 17.7 Å². The van der Waals surface area contributed by atoms with Gasteiger partial charge < -0.3 is 26.4 Å². The van der Waals surface area contributed by atoms with Gasteiger partial charge in [-0.25, -0.2) is 0 Å². The smallest absolute Gasteiger partial charge is 0.241 e. The van der Waals surface area contributed by atoms with Crippen LogP contribution in [-0.4, -0.2) is 57.1 Å². The van der Waals surface area contributed by atoms with Crippen LogP contribution in [-0.2, 0) is 19.1 Å². The molecule has 18 heavy (non-hydrogen) atoms. The maximum atomic E-state index is 11.7. The van der Waals surface area contributed by atoms with E-state index in [-0.39, 0.29) is 19.1 Å². The van der Waals surface area contributed by atoms with Gasteiger partial charge in [0.05, 0.1) is 6.61 Å². The third kappa shape index (κ3) is 6.16. The van der Waals surface area contributed by atoms with Gasteiger partial charge in [0.25, 0.3) is 0 Å². The van der Waals surface area contributed by atoms with Crippen LogP contribution < -0.4 is 21.7 Å². The van der Waals surface area contributed by atoms with E-state index in [1.54, 1.807) is 12.8 Å². The van der Waals surface area contributed by atoms with Gasteiger partial charge >= 0.3 is 0 Å². The molecule has 0 aromatic heterocycles. The van der Waals surface area contributed by atoms with Crippen LogP contribution in [0.25, 0.3) is 0 Å². The van der Waals surface area contributed by atoms with E-state index >= 15 is 0 Å². The number of likely N-dealkylation sites (N-methyl/N-ethyl adjacent to an activating group) is 1. The summed E-state index contributed by atoms with van der Waals surface area (Å²) < 4.78 is 11.6. The molecule has 0 fully saturated rings. The highest BCUT2D eigenvalue weighted by molar-refractivity contribution is 5.87. The van der Waals surface area contributed by atoms with E-state index in [0.717, 1.165) is 0 Å². The second kappa shape index (κ2) is 8.43. The van der Waals surface area contributed by atoms with Crippen LogP contribution in [0.15, 0.2) is 0 Å². The molecule has 0 heterocycles. The Morgan fingerprint density at radius 1 is 1.39 bits per heavy atom. The second-order valence-corrected chi connectivity index (χ2v) is 3.66. The summed E-state index contributed by atoms with van der Waals surface area (Å²) in [6, 6.07) is -1.54. The molecule has 0 spiro atoms. The van der Waals surface area contributed by atoms with Crippen molar-refractivity contribution < 1.29 is 20.5 Å². The van der Waals surface area contributed by atoms with Gasteiger partial charge in [0.15, 0.2) is 1.41 Å². The van der Waals surface area contributed by atoms with Crippen molar-refractivity contribution in [3.05, 3.63) is 0 Å². The minimum Gasteiger partial charge on any atom is -0.383 e. The molecule has 0 saturated heterocycles. The number of ether oxygens (including phenoxy) is 1. The predicted molar refractivity (Wildman–Crippen MR) is 64.5 cm³/mol. The molecule has 0 rings (SSSR count). The fraction of sp³-hybridized carbons (Fsp3) is 0.700. The predicted octanol–water partition coefficient (Wildman–Crippen LogP) is -2.67. The van der Waals surface area contributed by atoms with E-state index in [1.807, 2.05) is 0 Å². The van der Waals surface area contributed by atoms with E-state index in [2.05, 4.69) is 16.0 Å². The molecule has 0 bridgehead atoms. The molecule has 0 aliphatic carbocycles. The van der Waals surface area contributed by atoms with Crippen molar-refractivity contribution in [1.82, 2.24) is 16.0 Å². The highest BCUT2D eigenvalue weighted by Gasteiger charge is 2.20. The molecule has 8 nitrogen and oxygen atoms in total. The minimum absolute atomic E-state index is 0.106. The molecule has 0 aliphatic rings. The summed E-state index contributed by atoms with van der Waals surface area (Å²) >= 11 is 0. The highest BCUT2D eigenvalue weighted by Crippen LogP contribution is 1.87. The van der Waals surface area contributed by atoms with Gasteiger partial charge in [0.2, 0.25) is 17.7 Å². The molecule has 5 N–H and O–H groups in total. The van der Waals surface area contributed by atoms with Crippen LogP contribution in [0.4, 0.5) is 0 Å². The van der Waals surface area contributed by atoms with Gasteiger partial charge in [-0.1, -0.05) is 0 Å². The third-order valence-electron chi connectivity index (χ3n) is 2.17. The summed E-state index contributed by atoms with van der Waals surface area (Å²) in [5.74, 6) is -1.49. The normalized spacial score (nSPS) is 14.1. The molecular formula is C10H20N4O4. The number of amides is 3. The zero-order valence-corrected chi connectivity index (χ0v) is 10.7. The van der Waals surface area contributed by atoms with Crippen LogP contribution >= 0.6 is 0 Å². The Morgan fingerprint density at radius 3 is 2.50 bits per heavy atom. The molecule has 3 amide bonds. The Hall–Kier alpha value is -1.67. The van der Waals surface area contributed by atoms with E-state index in [0.29, 0.717) is 0 Å². The van der Waals surface area contributed by atoms with E-state index in [9.17, 15) is 14.4 Å². The molecule has 0 radical (unpaired) electrons. The summed E-state index contributed by atoms with van der Waals surface area (Å²) in [5.41, 5.74) is 1.67. The fourth-order valence-corrected chi connectivity index (χ4v) is 1.24. The largest absolute Gasteiger partial charge is 0.383 e. The fourth-order valence-electron chi connectivity index (χ4n) is 1.24. The summed E-state index contributed by atoms with van der Waals surface area (Å²) in [6.45, 7) is 1.32. The van der Waals surface area contributed by atoms with Crippen molar-refractivity contribution in [1.29, 1.82) is 0 Å². The second-order valence-electron chi connectivity index (χ2n) is 3.66. The first-order valence-electron chi connectivity index (χ1n) is 5.88. The maximum Gasteiger partial charge on any atom is 0.241 e. The Kier molecular flexibility index (Phi) is 6.74. The summed E-state index contributed by atoms with van der Waals surface area (Å²) in [4.78, 5) is 34.0. The number of primary amides is 1. The topological polar surface area (TPSA) is 123 Å². The van der Waals surface area contributed by atoms with E-state index < -0.39 is 23.9 Å². The molecule has 0 unspecified atom stereocenters. The number of hydrogen-bond acceptors (Lipinski definition) is 5. The van der Waals surface area contributed by atoms with E-state index in [1.165, 1.54) is 14.0 Å². The van der Waals surface area contributed by atoms with Crippen molar-refractivity contribution in [2.24, 2.45) is 5.73 Å². The first-order chi connectivity index (χ1) is 8.96. The number of hydrogen-bond donors (Lipinski definition) is 4. The zero-order chi connectivity index (χ0) is 14.8. The van der Waals surface area contributed by atoms with Crippen LogP contribution in [0.2, 0.25) is 1.41 Å². The third-order valence-corrected chi connectivity index (χ3v) is 2.17. The SMILES string of the molecule is [3H]NC(=O)[C@H](CNC(=O)[C@H](COC)NC)NC(C)=O. The molecule has 0 saturated carbocycles. The standard InChI is InChI=1S/C10H20N4O4/c1-6(15)14-7(9(11)16)4-13-10(17)8(12-2)5-18-3/h7-8,12H,4-5H2,1-3H3,(H2,11,16)(H,13,17)(H,14,15)/t7-,8-/m0/s1/i/hT. The molecular weight excluding hydrogens is 240 g/mol. The Labute approximate surface area is 107 Å². The molecule has 0 aromatic carbocycles. The van der Waals surface area contributed by atoms with Crippen molar-refractivity contribution in [3.8, 4) is 0 Å². The molecule has 0 aliphatic heterocycles. The van der Waals surface area contributed by atoms with Crippen molar-refractivity contribution in [2.45, 2.75) is 19.0 Å². The molecule has 104 valence electrons. The first kappa shape index (κ1) is 14.4. The van der Waals surface area contributed by atoms with Crippen molar-refractivity contribution in [3.63, 3.8) is 0 Å². The van der Waals surface area contributed by atoms with Gasteiger partial charge in [-0.3, -0.25) is 14.4 Å². The number of carbonyl (C=O) groups excluding carboxylic acids is 3. The molecule has 8 heteroatoms. The van der Waals surface area contributed by atoms with Gasteiger partial charge in [-0.15, -0.1) is 0 Å². The van der Waals surface area contributed by atoms with Gasteiger partial charge in [0, 0.05) is 20.6 Å². The van der Waals surface area contributed by atoms with Crippen LogP contribution in [0, 0.1) is 0 Å². The number of carbonyl (C=O) groups is 3. The Balaban J connectivity index is 4.41. The lowest BCUT2D eigenvalue weighted by Crippen LogP contribution is -2.53. The number of rotatable bonds is 8. The van der Waals surface area contributed by atoms with Gasteiger partial charge in [0.1, 0.15) is 12.1 Å². The summed E-state index contributed by atoms with van der Waals surface area (Å²) in [5, 5.41) is 7.58. The monoisotopic (exact) mass is 262 g/mol. The maximum absolute atomic E-state index is 11.7. The number of methoxy groups -OCH3 is 1. The Morgan fingerprint density at radius 2 is 2.06 bits per heavy atom. The summed E-state index contributed by atoms with van der Waals surface area (Å²) in [7, 11) is 3.07. The van der Waals surface area contributed by atoms with E-state index in [4.69, 9.17) is 6.15 Å². The van der Waals surface area contributed by atoms with Gasteiger partial charge in [-0.05, 0) is 7.05 Å². The average Bonchev–Trinajstić information content (AvgIpc) is 2.38.